The van der Waals surface area contributed by atoms with Gasteiger partial charge in [-0.1, -0.05) is 58.6 Å². The van der Waals surface area contributed by atoms with Crippen LogP contribution in [-0.2, 0) is 35.1 Å². The van der Waals surface area contributed by atoms with Crippen LogP contribution >= 0.6 is 0 Å². The van der Waals surface area contributed by atoms with Crippen molar-refractivity contribution in [3.8, 4) is 5.75 Å². The summed E-state index contributed by atoms with van der Waals surface area (Å²) < 4.78 is 10.8. The maximum absolute atomic E-state index is 13.7. The monoisotopic (exact) mass is 630 g/mol. The van der Waals surface area contributed by atoms with Gasteiger partial charge in [0, 0.05) is 44.8 Å². The zero-order valence-electron chi connectivity index (χ0n) is 27.4. The first-order valence-electron chi connectivity index (χ1n) is 16.6. The number of carbonyl (C=O) groups excluding carboxylic acids is 5. The molecule has 4 N–H and O–H groups in total. The van der Waals surface area contributed by atoms with Crippen molar-refractivity contribution < 1.29 is 33.4 Å². The second-order valence-electron chi connectivity index (χ2n) is 12.0. The third-order valence-electron chi connectivity index (χ3n) is 8.27. The van der Waals surface area contributed by atoms with Gasteiger partial charge in [0.25, 0.3) is 0 Å². The van der Waals surface area contributed by atoms with Gasteiger partial charge in [0.1, 0.15) is 5.75 Å². The Morgan fingerprint density at radius 2 is 1.64 bits per heavy atom. The third kappa shape index (κ3) is 15.5. The first kappa shape index (κ1) is 37.9. The smallest absolute Gasteiger partial charge is 0.325 e. The molecule has 252 valence electrons. The molecule has 2 rings (SSSR count). The average molecular weight is 631 g/mol. The van der Waals surface area contributed by atoms with E-state index in [2.05, 4.69) is 17.6 Å². The van der Waals surface area contributed by atoms with Gasteiger partial charge in [-0.15, -0.1) is 0 Å². The van der Waals surface area contributed by atoms with E-state index in [0.29, 0.717) is 57.9 Å². The van der Waals surface area contributed by atoms with Crippen LogP contribution in [0.5, 0.6) is 5.75 Å². The molecular weight excluding hydrogens is 576 g/mol. The highest BCUT2D eigenvalue weighted by Crippen LogP contribution is 2.22. The van der Waals surface area contributed by atoms with Gasteiger partial charge in [0.05, 0.1) is 25.8 Å². The van der Waals surface area contributed by atoms with Crippen LogP contribution in [0, 0.1) is 11.8 Å². The molecule has 0 spiro atoms. The maximum Gasteiger partial charge on any atom is 0.325 e. The Hall–Kier alpha value is -3.31. The number of primary amides is 1. The van der Waals surface area contributed by atoms with E-state index >= 15 is 0 Å². The first-order valence-corrected chi connectivity index (χ1v) is 16.6. The highest BCUT2D eigenvalue weighted by molar-refractivity contribution is 5.92. The second kappa shape index (κ2) is 21.4. The zero-order chi connectivity index (χ0) is 33.0. The van der Waals surface area contributed by atoms with Crippen LogP contribution in [0.3, 0.4) is 0 Å². The summed E-state index contributed by atoms with van der Waals surface area (Å²) in [7, 11) is 0. The van der Waals surface area contributed by atoms with E-state index in [1.807, 2.05) is 18.7 Å². The fraction of sp³-hybridized carbons (Fsp3) is 0.676. The average Bonchev–Trinajstić information content (AvgIpc) is 3.02. The van der Waals surface area contributed by atoms with E-state index in [9.17, 15) is 24.0 Å². The van der Waals surface area contributed by atoms with Crippen molar-refractivity contribution in [3.63, 3.8) is 0 Å². The summed E-state index contributed by atoms with van der Waals surface area (Å²) in [6, 6.07) is 6.17. The van der Waals surface area contributed by atoms with Crippen LogP contribution in [0.25, 0.3) is 0 Å². The normalized spacial score (nSPS) is 15.4. The number of nitrogens with two attached hydrogens (primary N) is 1. The summed E-state index contributed by atoms with van der Waals surface area (Å²) in [5.41, 5.74) is 5.99. The number of amides is 3. The number of benzene rings is 1. The van der Waals surface area contributed by atoms with Crippen LogP contribution in [0.1, 0.15) is 90.5 Å². The van der Waals surface area contributed by atoms with Gasteiger partial charge in [-0.3, -0.25) is 28.9 Å². The van der Waals surface area contributed by atoms with E-state index in [1.165, 1.54) is 0 Å². The zero-order valence-corrected chi connectivity index (χ0v) is 27.4. The van der Waals surface area contributed by atoms with Crippen molar-refractivity contribution in [3.05, 3.63) is 29.8 Å². The molecule has 45 heavy (non-hydrogen) atoms. The SMILES string of the molecule is CCCCCC(=O)N[C@@H](Cc1ccc(OC(=O)CN2CCOCC2)cc1)C(=O)C[C@H](C(=O)NCCCCCC(N)=O)[C@@H](C)CC. The molecule has 3 atom stereocenters. The van der Waals surface area contributed by atoms with Crippen molar-refractivity contribution in [2.75, 3.05) is 39.4 Å². The Labute approximate surface area is 268 Å². The molecule has 1 saturated heterocycles. The third-order valence-corrected chi connectivity index (χ3v) is 8.27. The van der Waals surface area contributed by atoms with Crippen molar-refractivity contribution in [2.24, 2.45) is 17.6 Å². The van der Waals surface area contributed by atoms with Gasteiger partial charge in [-0.2, -0.15) is 0 Å². The summed E-state index contributed by atoms with van der Waals surface area (Å²) in [6.45, 7) is 9.22. The highest BCUT2D eigenvalue weighted by Gasteiger charge is 2.30. The standard InChI is InChI=1S/C34H54N4O7/c1-4-6-8-12-32(41)37-29(22-26-13-15-27(16-14-26)45-33(42)24-38-18-20-44-21-19-38)30(39)23-28(25(3)5-2)34(43)36-17-10-7-9-11-31(35)40/h13-16,25,28-29H,4-12,17-24H2,1-3H3,(H2,35,40)(H,36,43)(H,37,41)/t25-,28-,29-/m0/s1. The molecule has 0 aliphatic carbocycles. The fourth-order valence-electron chi connectivity index (χ4n) is 5.22. The van der Waals surface area contributed by atoms with E-state index < -0.39 is 12.0 Å². The van der Waals surface area contributed by atoms with Crippen molar-refractivity contribution >= 4 is 29.5 Å². The number of morpholine rings is 1. The summed E-state index contributed by atoms with van der Waals surface area (Å²) in [4.78, 5) is 65.0. The summed E-state index contributed by atoms with van der Waals surface area (Å²) in [5.74, 6) is -1.39. The Morgan fingerprint density at radius 3 is 2.29 bits per heavy atom. The molecule has 0 radical (unpaired) electrons. The number of Topliss-reactive ketones (excluding diaryl/α,β-unsaturated/α-hetero) is 1. The van der Waals surface area contributed by atoms with Crippen LogP contribution in [-0.4, -0.2) is 79.8 Å². The number of hydrogen-bond donors (Lipinski definition) is 3. The number of ether oxygens (including phenoxy) is 2. The molecule has 1 aromatic rings. The summed E-state index contributed by atoms with van der Waals surface area (Å²) >= 11 is 0. The number of unbranched alkanes of at least 4 members (excludes halogenated alkanes) is 4. The lowest BCUT2D eigenvalue weighted by molar-refractivity contribution is -0.136. The van der Waals surface area contributed by atoms with Gasteiger partial charge in [0.15, 0.2) is 5.78 Å². The second-order valence-corrected chi connectivity index (χ2v) is 12.0. The molecular formula is C34H54N4O7. The number of rotatable bonds is 22. The minimum atomic E-state index is -0.790. The minimum absolute atomic E-state index is 0.0136. The fourth-order valence-corrected chi connectivity index (χ4v) is 5.22. The molecule has 11 nitrogen and oxygen atoms in total. The largest absolute Gasteiger partial charge is 0.426 e. The molecule has 1 heterocycles. The highest BCUT2D eigenvalue weighted by atomic mass is 16.5. The number of carbonyl (C=O) groups is 5. The van der Waals surface area contributed by atoms with E-state index in [1.54, 1.807) is 24.3 Å². The topological polar surface area (TPSA) is 157 Å². The Balaban J connectivity index is 2.04. The Kier molecular flexibility index (Phi) is 18.0. The van der Waals surface area contributed by atoms with Crippen molar-refractivity contribution in [1.29, 1.82) is 0 Å². The number of ketones is 1. The van der Waals surface area contributed by atoms with Crippen LogP contribution in [0.4, 0.5) is 0 Å². The molecule has 0 aromatic heterocycles. The maximum atomic E-state index is 13.7. The van der Waals surface area contributed by atoms with Crippen LogP contribution in [0.2, 0.25) is 0 Å². The van der Waals surface area contributed by atoms with Gasteiger partial charge in [-0.05, 0) is 49.3 Å². The van der Waals surface area contributed by atoms with Gasteiger partial charge < -0.3 is 25.8 Å². The number of hydrogen-bond acceptors (Lipinski definition) is 8. The lowest BCUT2D eigenvalue weighted by Crippen LogP contribution is -2.45. The Morgan fingerprint density at radius 1 is 0.956 bits per heavy atom. The first-order chi connectivity index (χ1) is 21.6. The number of nitrogens with zero attached hydrogens (tertiary/aromatic N) is 1. The van der Waals surface area contributed by atoms with Crippen LogP contribution < -0.4 is 21.1 Å². The molecule has 1 aliphatic rings. The molecule has 0 unspecified atom stereocenters. The molecule has 0 bridgehead atoms. The van der Waals surface area contributed by atoms with E-state index in [4.69, 9.17) is 15.2 Å². The van der Waals surface area contributed by atoms with Gasteiger partial charge in [-0.25, -0.2) is 0 Å². The molecule has 0 saturated carbocycles. The van der Waals surface area contributed by atoms with E-state index in [-0.39, 0.29) is 54.8 Å². The number of esters is 1. The molecule has 1 aliphatic heterocycles. The van der Waals surface area contributed by atoms with Gasteiger partial charge >= 0.3 is 5.97 Å². The van der Waals surface area contributed by atoms with Crippen LogP contribution in [0.15, 0.2) is 24.3 Å². The molecule has 1 aromatic carbocycles. The van der Waals surface area contributed by atoms with Crippen molar-refractivity contribution in [1.82, 2.24) is 15.5 Å². The predicted molar refractivity (Wildman–Crippen MR) is 172 cm³/mol. The minimum Gasteiger partial charge on any atom is -0.426 e. The molecule has 1 fully saturated rings. The predicted octanol–water partition coefficient (Wildman–Crippen LogP) is 3.32. The van der Waals surface area contributed by atoms with E-state index in [0.717, 1.165) is 44.1 Å². The van der Waals surface area contributed by atoms with Gasteiger partial charge in [0.2, 0.25) is 17.7 Å². The summed E-state index contributed by atoms with van der Waals surface area (Å²) in [6.07, 6.45) is 6.47. The molecule has 11 heteroatoms. The van der Waals surface area contributed by atoms with Crippen molar-refractivity contribution in [2.45, 2.75) is 97.4 Å². The lowest BCUT2D eigenvalue weighted by atomic mass is 9.84. The lowest BCUT2D eigenvalue weighted by Gasteiger charge is -2.25. The molecule has 3 amide bonds. The Bertz CT molecular complexity index is 1070. The number of nitrogens with one attached hydrogen (secondary N) is 2. The quantitative estimate of drug-likeness (QED) is 0.100. The summed E-state index contributed by atoms with van der Waals surface area (Å²) in [5, 5.41) is 5.89.